The number of hydrogen-bond donors (Lipinski definition) is 3. The molecule has 2 atom stereocenters. The van der Waals surface area contributed by atoms with Gasteiger partial charge in [-0.1, -0.05) is 188 Å². The van der Waals surface area contributed by atoms with E-state index < -0.39 is 12.1 Å². The SMILES string of the molecule is CC/C=C\C/C=C\C/C=C\C/C=C\C/C=C\C/C=C\CCCCCCCCCCCCCCC(=O)NC(CO)C(O)/C=C/CC/C=C/CCCC. The first-order valence-corrected chi connectivity index (χ1v) is 21.0. The smallest absolute Gasteiger partial charge is 0.220 e. The summed E-state index contributed by atoms with van der Waals surface area (Å²) in [6.45, 7) is 4.09. The van der Waals surface area contributed by atoms with E-state index in [-0.39, 0.29) is 12.5 Å². The number of amides is 1. The van der Waals surface area contributed by atoms with Crippen LogP contribution in [0.3, 0.4) is 0 Å². The Bertz CT molecular complexity index is 983. The second kappa shape index (κ2) is 41.7. The average molecular weight is 706 g/mol. The summed E-state index contributed by atoms with van der Waals surface area (Å²) < 4.78 is 0. The molecule has 3 N–H and O–H groups in total. The quantitative estimate of drug-likeness (QED) is 0.0449. The number of carbonyl (C=O) groups excluding carboxylic acids is 1. The standard InChI is InChI=1S/C47H79NO3/c1-3-5-7-9-11-13-14-15-16-17-18-19-20-21-22-23-24-25-26-27-28-29-30-31-32-33-34-35-37-39-41-43-47(51)48-45(44-49)46(50)42-40-38-36-12-10-8-6-4-2/h5,7,10-13,15-16,18-19,21-22,24-25,40,42,45-46,49-50H,3-4,6,8-9,14,17,20,23,26-39,41,43-44H2,1-2H3,(H,48,51)/b7-5-,12-10+,13-11-,16-15-,19-18-,22-21-,25-24-,42-40+. The van der Waals surface area contributed by atoms with Gasteiger partial charge in [0.25, 0.3) is 0 Å². The van der Waals surface area contributed by atoms with E-state index >= 15 is 0 Å². The Balaban J connectivity index is 3.56. The van der Waals surface area contributed by atoms with Crippen molar-refractivity contribution in [1.82, 2.24) is 5.32 Å². The first kappa shape index (κ1) is 48.3. The number of aliphatic hydroxyl groups excluding tert-OH is 2. The number of nitrogens with one attached hydrogen (secondary N) is 1. The zero-order valence-corrected chi connectivity index (χ0v) is 33.1. The molecule has 51 heavy (non-hydrogen) atoms. The highest BCUT2D eigenvalue weighted by atomic mass is 16.3. The number of unbranched alkanes of at least 4 members (excludes halogenated alkanes) is 15. The molecule has 0 fully saturated rings. The van der Waals surface area contributed by atoms with Crippen molar-refractivity contribution in [1.29, 1.82) is 0 Å². The maximum Gasteiger partial charge on any atom is 0.220 e. The third-order valence-electron chi connectivity index (χ3n) is 8.80. The Morgan fingerprint density at radius 1 is 0.490 bits per heavy atom. The summed E-state index contributed by atoms with van der Waals surface area (Å²) in [5.41, 5.74) is 0. The number of hydrogen-bond acceptors (Lipinski definition) is 3. The Labute approximate surface area is 315 Å². The molecule has 2 unspecified atom stereocenters. The largest absolute Gasteiger partial charge is 0.394 e. The van der Waals surface area contributed by atoms with Crippen molar-refractivity contribution in [2.75, 3.05) is 6.61 Å². The zero-order valence-electron chi connectivity index (χ0n) is 33.1. The number of aliphatic hydroxyl groups is 2. The molecule has 0 bridgehead atoms. The average Bonchev–Trinajstić information content (AvgIpc) is 3.13. The number of rotatable bonds is 36. The highest BCUT2D eigenvalue weighted by Gasteiger charge is 2.17. The summed E-state index contributed by atoms with van der Waals surface area (Å²) in [7, 11) is 0. The van der Waals surface area contributed by atoms with Gasteiger partial charge in [0.2, 0.25) is 5.91 Å². The van der Waals surface area contributed by atoms with E-state index in [1.165, 1.54) is 83.5 Å². The molecule has 0 heterocycles. The van der Waals surface area contributed by atoms with Crippen molar-refractivity contribution in [3.05, 3.63) is 97.2 Å². The van der Waals surface area contributed by atoms with Crippen molar-refractivity contribution in [3.63, 3.8) is 0 Å². The molecule has 0 aliphatic heterocycles. The third-order valence-corrected chi connectivity index (χ3v) is 8.80. The Morgan fingerprint density at radius 3 is 1.37 bits per heavy atom. The molecule has 0 aromatic carbocycles. The molecule has 1 amide bonds. The summed E-state index contributed by atoms with van der Waals surface area (Å²) in [6, 6.07) is -0.642. The van der Waals surface area contributed by atoms with Gasteiger partial charge in [-0.25, -0.2) is 0 Å². The first-order chi connectivity index (χ1) is 25.2. The van der Waals surface area contributed by atoms with E-state index in [0.717, 1.165) is 70.6 Å². The van der Waals surface area contributed by atoms with E-state index in [1.54, 1.807) is 6.08 Å². The molecule has 290 valence electrons. The fourth-order valence-corrected chi connectivity index (χ4v) is 5.59. The summed E-state index contributed by atoms with van der Waals surface area (Å²) in [6.07, 6.45) is 62.4. The van der Waals surface area contributed by atoms with Crippen LogP contribution in [0.1, 0.15) is 174 Å². The fraction of sp³-hybridized carbons (Fsp3) is 0.638. The van der Waals surface area contributed by atoms with Crippen molar-refractivity contribution in [3.8, 4) is 0 Å². The molecule has 4 nitrogen and oxygen atoms in total. The van der Waals surface area contributed by atoms with Crippen molar-refractivity contribution in [2.24, 2.45) is 0 Å². The molecule has 0 aromatic heterocycles. The van der Waals surface area contributed by atoms with E-state index in [1.807, 2.05) is 6.08 Å². The molecule has 4 heteroatoms. The summed E-state index contributed by atoms with van der Waals surface area (Å²) >= 11 is 0. The predicted octanol–water partition coefficient (Wildman–Crippen LogP) is 13.1. The van der Waals surface area contributed by atoms with E-state index in [4.69, 9.17) is 0 Å². The number of carbonyl (C=O) groups is 1. The molecule has 0 rings (SSSR count). The van der Waals surface area contributed by atoms with E-state index in [9.17, 15) is 15.0 Å². The van der Waals surface area contributed by atoms with Crippen LogP contribution in [0, 0.1) is 0 Å². The van der Waals surface area contributed by atoms with Crippen LogP contribution < -0.4 is 5.32 Å². The van der Waals surface area contributed by atoms with Crippen LogP contribution >= 0.6 is 0 Å². The lowest BCUT2D eigenvalue weighted by molar-refractivity contribution is -0.123. The predicted molar refractivity (Wildman–Crippen MR) is 225 cm³/mol. The minimum Gasteiger partial charge on any atom is -0.394 e. The first-order valence-electron chi connectivity index (χ1n) is 21.0. The highest BCUT2D eigenvalue weighted by Crippen LogP contribution is 2.13. The topological polar surface area (TPSA) is 69.6 Å². The lowest BCUT2D eigenvalue weighted by Gasteiger charge is -2.19. The van der Waals surface area contributed by atoms with E-state index in [2.05, 4.69) is 104 Å². The molecular formula is C47H79NO3. The van der Waals surface area contributed by atoms with E-state index in [0.29, 0.717) is 6.42 Å². The molecule has 0 saturated heterocycles. The van der Waals surface area contributed by atoms with Gasteiger partial charge in [0.05, 0.1) is 18.8 Å². The van der Waals surface area contributed by atoms with Gasteiger partial charge in [0.15, 0.2) is 0 Å². The van der Waals surface area contributed by atoms with Crippen molar-refractivity contribution < 1.29 is 15.0 Å². The second-order valence-corrected chi connectivity index (χ2v) is 13.7. The van der Waals surface area contributed by atoms with Gasteiger partial charge in [0.1, 0.15) is 0 Å². The van der Waals surface area contributed by atoms with Crippen LogP contribution in [-0.4, -0.2) is 34.9 Å². The molecular weight excluding hydrogens is 627 g/mol. The molecule has 0 saturated carbocycles. The molecule has 0 radical (unpaired) electrons. The normalized spacial score (nSPS) is 14.0. The highest BCUT2D eigenvalue weighted by molar-refractivity contribution is 5.76. The Hall–Kier alpha value is -2.69. The van der Waals surface area contributed by atoms with Crippen molar-refractivity contribution >= 4 is 5.91 Å². The molecule has 0 aliphatic rings. The van der Waals surface area contributed by atoms with Crippen LogP contribution in [-0.2, 0) is 4.79 Å². The molecule has 0 aliphatic carbocycles. The maximum atomic E-state index is 12.3. The third kappa shape index (κ3) is 38.4. The van der Waals surface area contributed by atoms with Crippen molar-refractivity contribution in [2.45, 2.75) is 187 Å². The number of allylic oxidation sites excluding steroid dienone is 15. The van der Waals surface area contributed by atoms with Crippen LogP contribution in [0.15, 0.2) is 97.2 Å². The lowest BCUT2D eigenvalue weighted by Crippen LogP contribution is -2.45. The Morgan fingerprint density at radius 2 is 0.882 bits per heavy atom. The summed E-state index contributed by atoms with van der Waals surface area (Å²) in [5.74, 6) is -0.0854. The van der Waals surface area contributed by atoms with Gasteiger partial charge >= 0.3 is 0 Å². The van der Waals surface area contributed by atoms with Gasteiger partial charge in [0, 0.05) is 6.42 Å². The fourth-order valence-electron chi connectivity index (χ4n) is 5.59. The zero-order chi connectivity index (χ0) is 37.1. The minimum absolute atomic E-state index is 0.0854. The van der Waals surface area contributed by atoms with Crippen LogP contribution in [0.4, 0.5) is 0 Å². The van der Waals surface area contributed by atoms with Gasteiger partial charge in [-0.3, -0.25) is 4.79 Å². The van der Waals surface area contributed by atoms with Gasteiger partial charge < -0.3 is 15.5 Å². The van der Waals surface area contributed by atoms with Crippen LogP contribution in [0.25, 0.3) is 0 Å². The maximum absolute atomic E-state index is 12.3. The summed E-state index contributed by atoms with van der Waals surface area (Å²) in [4.78, 5) is 12.3. The second-order valence-electron chi connectivity index (χ2n) is 13.7. The monoisotopic (exact) mass is 706 g/mol. The summed E-state index contributed by atoms with van der Waals surface area (Å²) in [5, 5.41) is 22.8. The molecule has 0 aromatic rings. The van der Waals surface area contributed by atoms with Crippen LogP contribution in [0.2, 0.25) is 0 Å². The minimum atomic E-state index is -0.864. The molecule has 0 spiro atoms. The van der Waals surface area contributed by atoms with Gasteiger partial charge in [-0.2, -0.15) is 0 Å². The van der Waals surface area contributed by atoms with Gasteiger partial charge in [-0.15, -0.1) is 0 Å². The van der Waals surface area contributed by atoms with Crippen LogP contribution in [0.5, 0.6) is 0 Å². The van der Waals surface area contributed by atoms with Gasteiger partial charge in [-0.05, 0) is 77.0 Å². The lowest BCUT2D eigenvalue weighted by atomic mass is 10.0. The Kier molecular flexibility index (Phi) is 39.5.